The van der Waals surface area contributed by atoms with E-state index >= 15 is 0 Å². The number of carbonyl (C=O) groups excluding carboxylic acids is 3. The molecule has 2 N–H and O–H groups in total. The lowest BCUT2D eigenvalue weighted by atomic mass is 10.1. The van der Waals surface area contributed by atoms with E-state index in [2.05, 4.69) is 10.6 Å². The Morgan fingerprint density at radius 2 is 1.65 bits per heavy atom. The standard InChI is InChI=1S/C25H26N2O6S/c1-5-33-25(30)23-19(13-22(34-23)18-10-11-20(31-3)21(12-18)32-4)27-24(29)17-8-6-16(7-9-17)14-26-15(2)28/h6-13H,5,14H2,1-4H3,(H,26,28)(H,27,29). The van der Waals surface area contributed by atoms with Crippen molar-refractivity contribution < 1.29 is 28.6 Å². The number of ether oxygens (including phenoxy) is 3. The Balaban J connectivity index is 1.88. The summed E-state index contributed by atoms with van der Waals surface area (Å²) in [6, 6.07) is 14.0. The van der Waals surface area contributed by atoms with Crippen LogP contribution in [0.25, 0.3) is 10.4 Å². The molecule has 0 aliphatic carbocycles. The van der Waals surface area contributed by atoms with Crippen molar-refractivity contribution in [3.8, 4) is 21.9 Å². The highest BCUT2D eigenvalue weighted by Crippen LogP contribution is 2.39. The summed E-state index contributed by atoms with van der Waals surface area (Å²) in [6.07, 6.45) is 0. The van der Waals surface area contributed by atoms with E-state index in [0.29, 0.717) is 34.2 Å². The average molecular weight is 483 g/mol. The molecule has 3 rings (SSSR count). The van der Waals surface area contributed by atoms with Crippen LogP contribution in [0.4, 0.5) is 5.69 Å². The predicted octanol–water partition coefficient (Wildman–Crippen LogP) is 4.50. The smallest absolute Gasteiger partial charge is 0.350 e. The molecule has 8 nitrogen and oxygen atoms in total. The SMILES string of the molecule is CCOC(=O)c1sc(-c2ccc(OC)c(OC)c2)cc1NC(=O)c1ccc(CNC(C)=O)cc1. The summed E-state index contributed by atoms with van der Waals surface area (Å²) in [5.74, 6) is 0.129. The number of rotatable bonds is 9. The predicted molar refractivity (Wildman–Crippen MR) is 131 cm³/mol. The van der Waals surface area contributed by atoms with E-state index in [9.17, 15) is 14.4 Å². The molecule has 0 saturated carbocycles. The summed E-state index contributed by atoms with van der Waals surface area (Å²) in [6.45, 7) is 3.76. The van der Waals surface area contributed by atoms with Gasteiger partial charge < -0.3 is 24.8 Å². The zero-order chi connectivity index (χ0) is 24.7. The fraction of sp³-hybridized carbons (Fsp3) is 0.240. The van der Waals surface area contributed by atoms with Gasteiger partial charge in [0.05, 0.1) is 26.5 Å². The average Bonchev–Trinajstić information content (AvgIpc) is 3.26. The number of esters is 1. The highest BCUT2D eigenvalue weighted by Gasteiger charge is 2.21. The zero-order valence-electron chi connectivity index (χ0n) is 19.4. The van der Waals surface area contributed by atoms with Crippen molar-refractivity contribution in [1.82, 2.24) is 5.32 Å². The van der Waals surface area contributed by atoms with Crippen LogP contribution in [-0.4, -0.2) is 38.6 Å². The molecule has 0 aliphatic rings. The fourth-order valence-corrected chi connectivity index (χ4v) is 4.16. The monoisotopic (exact) mass is 482 g/mol. The van der Waals surface area contributed by atoms with Crippen LogP contribution in [0.1, 0.15) is 39.4 Å². The molecule has 0 aliphatic heterocycles. The van der Waals surface area contributed by atoms with Crippen molar-refractivity contribution >= 4 is 34.8 Å². The Morgan fingerprint density at radius 3 is 2.26 bits per heavy atom. The van der Waals surface area contributed by atoms with Crippen LogP contribution >= 0.6 is 11.3 Å². The molecular weight excluding hydrogens is 456 g/mol. The molecule has 178 valence electrons. The highest BCUT2D eigenvalue weighted by molar-refractivity contribution is 7.18. The van der Waals surface area contributed by atoms with Crippen LogP contribution in [0.2, 0.25) is 0 Å². The number of hydrogen-bond acceptors (Lipinski definition) is 7. The van der Waals surface area contributed by atoms with Gasteiger partial charge in [0.2, 0.25) is 5.91 Å². The third kappa shape index (κ3) is 5.93. The number of hydrogen-bond donors (Lipinski definition) is 2. The van der Waals surface area contributed by atoms with Crippen molar-refractivity contribution in [1.29, 1.82) is 0 Å². The van der Waals surface area contributed by atoms with E-state index in [1.54, 1.807) is 63.6 Å². The van der Waals surface area contributed by atoms with Gasteiger partial charge in [-0.2, -0.15) is 0 Å². The second-order valence-corrected chi connectivity index (χ2v) is 8.26. The van der Waals surface area contributed by atoms with E-state index in [4.69, 9.17) is 14.2 Å². The Bertz CT molecular complexity index is 1190. The lowest BCUT2D eigenvalue weighted by Gasteiger charge is -2.08. The summed E-state index contributed by atoms with van der Waals surface area (Å²) in [7, 11) is 3.11. The van der Waals surface area contributed by atoms with Crippen LogP contribution in [0.3, 0.4) is 0 Å². The van der Waals surface area contributed by atoms with Crippen molar-refractivity contribution in [2.24, 2.45) is 0 Å². The molecular formula is C25H26N2O6S. The number of benzene rings is 2. The van der Waals surface area contributed by atoms with Gasteiger partial charge in [0, 0.05) is 23.9 Å². The quantitative estimate of drug-likeness (QED) is 0.436. The molecule has 9 heteroatoms. The van der Waals surface area contributed by atoms with Gasteiger partial charge in [-0.05, 0) is 54.4 Å². The maximum absolute atomic E-state index is 12.9. The minimum absolute atomic E-state index is 0.129. The van der Waals surface area contributed by atoms with Crippen LogP contribution < -0.4 is 20.1 Å². The van der Waals surface area contributed by atoms with Crippen LogP contribution in [-0.2, 0) is 16.1 Å². The molecule has 1 aromatic heterocycles. The second kappa shape index (κ2) is 11.3. The third-order valence-electron chi connectivity index (χ3n) is 4.87. The number of thiophene rings is 1. The summed E-state index contributed by atoms with van der Waals surface area (Å²) in [5, 5.41) is 5.53. The largest absolute Gasteiger partial charge is 0.493 e. The van der Waals surface area contributed by atoms with Gasteiger partial charge in [-0.1, -0.05) is 12.1 Å². The molecule has 0 spiro atoms. The number of amides is 2. The molecule has 1 heterocycles. The van der Waals surface area contributed by atoms with Gasteiger partial charge in [0.25, 0.3) is 5.91 Å². The third-order valence-corrected chi connectivity index (χ3v) is 6.03. The van der Waals surface area contributed by atoms with E-state index in [1.807, 2.05) is 6.07 Å². The molecule has 0 unspecified atom stereocenters. The van der Waals surface area contributed by atoms with E-state index in [1.165, 1.54) is 18.3 Å². The van der Waals surface area contributed by atoms with E-state index in [0.717, 1.165) is 16.0 Å². The first-order valence-corrected chi connectivity index (χ1v) is 11.4. The number of nitrogens with one attached hydrogen (secondary N) is 2. The molecule has 0 fully saturated rings. The Kier molecular flexibility index (Phi) is 8.26. The van der Waals surface area contributed by atoms with Gasteiger partial charge in [0.1, 0.15) is 4.88 Å². The Labute approximate surface area is 201 Å². The molecule has 0 saturated heterocycles. The summed E-state index contributed by atoms with van der Waals surface area (Å²) in [5.41, 5.74) is 2.45. The molecule has 3 aromatic rings. The van der Waals surface area contributed by atoms with Gasteiger partial charge in [-0.25, -0.2) is 4.79 Å². The van der Waals surface area contributed by atoms with Gasteiger partial charge >= 0.3 is 5.97 Å². The minimum atomic E-state index is -0.514. The zero-order valence-corrected chi connectivity index (χ0v) is 20.2. The lowest BCUT2D eigenvalue weighted by Crippen LogP contribution is -2.19. The Morgan fingerprint density at radius 1 is 0.941 bits per heavy atom. The normalized spacial score (nSPS) is 10.4. The minimum Gasteiger partial charge on any atom is -0.493 e. The summed E-state index contributed by atoms with van der Waals surface area (Å²) >= 11 is 1.22. The van der Waals surface area contributed by atoms with Gasteiger partial charge in [-0.15, -0.1) is 11.3 Å². The second-order valence-electron chi connectivity index (χ2n) is 7.20. The highest BCUT2D eigenvalue weighted by atomic mass is 32.1. The number of anilines is 1. The van der Waals surface area contributed by atoms with Gasteiger partial charge in [-0.3, -0.25) is 9.59 Å². The molecule has 2 amide bonds. The lowest BCUT2D eigenvalue weighted by molar-refractivity contribution is -0.119. The van der Waals surface area contributed by atoms with Crippen molar-refractivity contribution in [3.63, 3.8) is 0 Å². The van der Waals surface area contributed by atoms with Crippen molar-refractivity contribution in [3.05, 3.63) is 64.5 Å². The van der Waals surface area contributed by atoms with Crippen molar-refractivity contribution in [2.45, 2.75) is 20.4 Å². The fourth-order valence-electron chi connectivity index (χ4n) is 3.16. The first-order valence-electron chi connectivity index (χ1n) is 10.5. The van der Waals surface area contributed by atoms with E-state index in [-0.39, 0.29) is 18.4 Å². The molecule has 0 atom stereocenters. The molecule has 34 heavy (non-hydrogen) atoms. The maximum Gasteiger partial charge on any atom is 0.350 e. The van der Waals surface area contributed by atoms with E-state index < -0.39 is 5.97 Å². The maximum atomic E-state index is 12.9. The van der Waals surface area contributed by atoms with Crippen molar-refractivity contribution in [2.75, 3.05) is 26.1 Å². The molecule has 0 bridgehead atoms. The summed E-state index contributed by atoms with van der Waals surface area (Å²) < 4.78 is 15.9. The number of methoxy groups -OCH3 is 2. The van der Waals surface area contributed by atoms with Crippen LogP contribution in [0.15, 0.2) is 48.5 Å². The van der Waals surface area contributed by atoms with Crippen LogP contribution in [0, 0.1) is 0 Å². The topological polar surface area (TPSA) is 103 Å². The Hall–Kier alpha value is -3.85. The van der Waals surface area contributed by atoms with Crippen LogP contribution in [0.5, 0.6) is 11.5 Å². The molecule has 2 aromatic carbocycles. The summed E-state index contributed by atoms with van der Waals surface area (Å²) in [4.78, 5) is 37.6. The number of carbonyl (C=O) groups is 3. The first kappa shape index (κ1) is 24.8. The first-order chi connectivity index (χ1) is 16.4. The van der Waals surface area contributed by atoms with Gasteiger partial charge in [0.15, 0.2) is 11.5 Å². The molecule has 0 radical (unpaired) electrons.